The fraction of sp³-hybridized carbons (Fsp3) is 0.231. The number of carbonyl (C=O) groups is 2. The molecule has 0 saturated heterocycles. The van der Waals surface area contributed by atoms with Gasteiger partial charge in [0.15, 0.2) is 6.10 Å². The molecule has 0 heterocycles. The molecule has 1 unspecified atom stereocenters. The van der Waals surface area contributed by atoms with E-state index in [2.05, 4.69) is 10.1 Å². The first-order valence-electron chi connectivity index (χ1n) is 5.61. The smallest absolute Gasteiger partial charge is 0.334 e. The van der Waals surface area contributed by atoms with E-state index < -0.39 is 23.8 Å². The minimum atomic E-state index is -1.19. The van der Waals surface area contributed by atoms with E-state index in [1.807, 2.05) is 0 Å². The molecule has 1 rings (SSSR count). The molecule has 0 spiro atoms. The number of nitrogens with one attached hydrogen (secondary N) is 1. The highest BCUT2D eigenvalue weighted by atomic mass is 35.5. The number of amides is 1. The van der Waals surface area contributed by atoms with Crippen molar-refractivity contribution in [1.82, 2.24) is 5.32 Å². The van der Waals surface area contributed by atoms with Gasteiger partial charge in [-0.25, -0.2) is 9.18 Å². The SMILES string of the molecule is COC(CNC(=O)/C=C/c1c(F)cccc1Cl)C(=O)O. The third-order valence-corrected chi connectivity index (χ3v) is 2.75. The molecule has 108 valence electrons. The zero-order chi connectivity index (χ0) is 15.1. The lowest BCUT2D eigenvalue weighted by Crippen LogP contribution is -2.37. The number of carboxylic acids is 1. The Labute approximate surface area is 120 Å². The molecule has 7 heteroatoms. The van der Waals surface area contributed by atoms with Gasteiger partial charge in [-0.2, -0.15) is 0 Å². The van der Waals surface area contributed by atoms with Crippen molar-refractivity contribution in [3.8, 4) is 0 Å². The lowest BCUT2D eigenvalue weighted by atomic mass is 10.2. The van der Waals surface area contributed by atoms with E-state index in [-0.39, 0.29) is 17.1 Å². The molecule has 1 atom stereocenters. The molecule has 0 aliphatic rings. The summed E-state index contributed by atoms with van der Waals surface area (Å²) in [6.45, 7) is -0.194. The van der Waals surface area contributed by atoms with E-state index in [0.717, 1.165) is 6.08 Å². The lowest BCUT2D eigenvalue weighted by molar-refractivity contribution is -0.148. The van der Waals surface area contributed by atoms with Gasteiger partial charge in [0.1, 0.15) is 5.82 Å². The number of hydrogen-bond acceptors (Lipinski definition) is 3. The van der Waals surface area contributed by atoms with Gasteiger partial charge in [0.2, 0.25) is 5.91 Å². The summed E-state index contributed by atoms with van der Waals surface area (Å²) < 4.78 is 18.1. The number of carboxylic acid groups (broad SMARTS) is 1. The number of halogens is 2. The van der Waals surface area contributed by atoms with Crippen LogP contribution < -0.4 is 5.32 Å². The average molecular weight is 302 g/mol. The van der Waals surface area contributed by atoms with E-state index in [4.69, 9.17) is 16.7 Å². The van der Waals surface area contributed by atoms with Crippen molar-refractivity contribution < 1.29 is 23.8 Å². The van der Waals surface area contributed by atoms with E-state index in [9.17, 15) is 14.0 Å². The summed E-state index contributed by atoms with van der Waals surface area (Å²) >= 11 is 5.78. The van der Waals surface area contributed by atoms with Crippen molar-refractivity contribution in [2.24, 2.45) is 0 Å². The number of carbonyl (C=O) groups excluding carboxylic acids is 1. The molecule has 1 aromatic rings. The van der Waals surface area contributed by atoms with Crippen LogP contribution in [-0.2, 0) is 14.3 Å². The second-order valence-electron chi connectivity index (χ2n) is 3.78. The van der Waals surface area contributed by atoms with Crippen LogP contribution in [0.25, 0.3) is 6.08 Å². The van der Waals surface area contributed by atoms with Gasteiger partial charge >= 0.3 is 5.97 Å². The van der Waals surface area contributed by atoms with Gasteiger partial charge in [-0.15, -0.1) is 0 Å². The van der Waals surface area contributed by atoms with Crippen molar-refractivity contribution in [2.45, 2.75) is 6.10 Å². The largest absolute Gasteiger partial charge is 0.479 e. The summed E-state index contributed by atoms with van der Waals surface area (Å²) in [4.78, 5) is 22.1. The normalized spacial score (nSPS) is 12.3. The first kappa shape index (κ1) is 16.1. The van der Waals surface area contributed by atoms with Crippen LogP contribution in [0.4, 0.5) is 4.39 Å². The van der Waals surface area contributed by atoms with E-state index >= 15 is 0 Å². The molecule has 2 N–H and O–H groups in total. The van der Waals surface area contributed by atoms with Gasteiger partial charge in [-0.1, -0.05) is 17.7 Å². The van der Waals surface area contributed by atoms with Crippen molar-refractivity contribution in [3.05, 3.63) is 40.7 Å². The Bertz CT molecular complexity index is 513. The minimum absolute atomic E-state index is 0.0887. The molecular formula is C13H13ClFNO4. The number of methoxy groups -OCH3 is 1. The number of ether oxygens (including phenoxy) is 1. The Kier molecular flexibility index (Phi) is 6.14. The molecule has 0 aromatic heterocycles. The van der Waals surface area contributed by atoms with Crippen LogP contribution in [0.3, 0.4) is 0 Å². The van der Waals surface area contributed by atoms with Gasteiger partial charge in [-0.05, 0) is 18.2 Å². The Morgan fingerprint density at radius 1 is 1.55 bits per heavy atom. The molecule has 0 fully saturated rings. The van der Waals surface area contributed by atoms with Crippen molar-refractivity contribution >= 4 is 29.6 Å². The first-order chi connectivity index (χ1) is 9.45. The Balaban J connectivity index is 2.62. The highest BCUT2D eigenvalue weighted by Crippen LogP contribution is 2.20. The Morgan fingerprint density at radius 2 is 2.25 bits per heavy atom. The topological polar surface area (TPSA) is 75.6 Å². The van der Waals surface area contributed by atoms with Gasteiger partial charge < -0.3 is 15.2 Å². The summed E-state index contributed by atoms with van der Waals surface area (Å²) in [7, 11) is 1.22. The Hall–Kier alpha value is -1.92. The molecule has 0 saturated carbocycles. The van der Waals surface area contributed by atoms with Crippen LogP contribution >= 0.6 is 11.6 Å². The standard InChI is InChI=1S/C13H13ClFNO4/c1-20-11(13(18)19)7-16-12(17)6-5-8-9(14)3-2-4-10(8)15/h2-6,11H,7H2,1H3,(H,16,17)(H,18,19)/b6-5+. The second kappa shape index (κ2) is 7.62. The first-order valence-corrected chi connectivity index (χ1v) is 5.99. The van der Waals surface area contributed by atoms with Gasteiger partial charge in [-0.3, -0.25) is 4.79 Å². The molecule has 1 aromatic carbocycles. The van der Waals surface area contributed by atoms with E-state index in [1.54, 1.807) is 0 Å². The third kappa shape index (κ3) is 4.64. The van der Waals surface area contributed by atoms with Crippen LogP contribution in [-0.4, -0.2) is 36.7 Å². The molecule has 0 bridgehead atoms. The van der Waals surface area contributed by atoms with Gasteiger partial charge in [0.05, 0.1) is 11.6 Å². The molecular weight excluding hydrogens is 289 g/mol. The average Bonchev–Trinajstić information content (AvgIpc) is 2.38. The molecule has 0 aliphatic heterocycles. The summed E-state index contributed by atoms with van der Waals surface area (Å²) in [5.41, 5.74) is 0.0887. The Morgan fingerprint density at radius 3 is 2.80 bits per heavy atom. The number of benzene rings is 1. The number of rotatable bonds is 6. The third-order valence-electron chi connectivity index (χ3n) is 2.42. The van der Waals surface area contributed by atoms with Crippen LogP contribution in [0.1, 0.15) is 5.56 Å². The molecule has 5 nitrogen and oxygen atoms in total. The predicted molar refractivity (Wildman–Crippen MR) is 71.9 cm³/mol. The quantitative estimate of drug-likeness (QED) is 0.784. The van der Waals surface area contributed by atoms with Gasteiger partial charge in [0, 0.05) is 18.7 Å². The lowest BCUT2D eigenvalue weighted by Gasteiger charge is -2.10. The second-order valence-corrected chi connectivity index (χ2v) is 4.18. The van der Waals surface area contributed by atoms with Gasteiger partial charge in [0.25, 0.3) is 0 Å². The van der Waals surface area contributed by atoms with Crippen molar-refractivity contribution in [2.75, 3.05) is 13.7 Å². The number of hydrogen-bond donors (Lipinski definition) is 2. The fourth-order valence-electron chi connectivity index (χ4n) is 1.35. The maximum absolute atomic E-state index is 13.4. The zero-order valence-corrected chi connectivity index (χ0v) is 11.4. The monoisotopic (exact) mass is 301 g/mol. The zero-order valence-electron chi connectivity index (χ0n) is 10.6. The summed E-state index contributed by atoms with van der Waals surface area (Å²) in [5, 5.41) is 11.2. The van der Waals surface area contributed by atoms with Crippen LogP contribution in [0.5, 0.6) is 0 Å². The molecule has 0 aliphatic carbocycles. The highest BCUT2D eigenvalue weighted by molar-refractivity contribution is 6.32. The molecule has 0 radical (unpaired) electrons. The van der Waals surface area contributed by atoms with Crippen LogP contribution in [0.2, 0.25) is 5.02 Å². The maximum atomic E-state index is 13.4. The van der Waals surface area contributed by atoms with E-state index in [1.165, 1.54) is 31.4 Å². The molecule has 20 heavy (non-hydrogen) atoms. The summed E-state index contributed by atoms with van der Waals surface area (Å²) in [6, 6.07) is 4.16. The minimum Gasteiger partial charge on any atom is -0.479 e. The summed E-state index contributed by atoms with van der Waals surface area (Å²) in [5.74, 6) is -2.32. The molecule has 1 amide bonds. The predicted octanol–water partition coefficient (Wildman–Crippen LogP) is 1.71. The highest BCUT2D eigenvalue weighted by Gasteiger charge is 2.16. The van der Waals surface area contributed by atoms with Crippen LogP contribution in [0, 0.1) is 5.82 Å². The number of aliphatic carboxylic acids is 1. The van der Waals surface area contributed by atoms with Crippen molar-refractivity contribution in [1.29, 1.82) is 0 Å². The maximum Gasteiger partial charge on any atom is 0.334 e. The van der Waals surface area contributed by atoms with Crippen LogP contribution in [0.15, 0.2) is 24.3 Å². The van der Waals surface area contributed by atoms with Crippen molar-refractivity contribution in [3.63, 3.8) is 0 Å². The van der Waals surface area contributed by atoms with E-state index in [0.29, 0.717) is 0 Å². The fourth-order valence-corrected chi connectivity index (χ4v) is 1.58. The summed E-state index contributed by atoms with van der Waals surface area (Å²) in [6.07, 6.45) is 1.15.